The lowest BCUT2D eigenvalue weighted by atomic mass is 9.92. The van der Waals surface area contributed by atoms with E-state index in [1.807, 2.05) is 0 Å². The van der Waals surface area contributed by atoms with Gasteiger partial charge in [-0.3, -0.25) is 14.5 Å². The van der Waals surface area contributed by atoms with Gasteiger partial charge in [0.2, 0.25) is 0 Å². The Hall–Kier alpha value is -3.09. The third-order valence-electron chi connectivity index (χ3n) is 4.16. The lowest BCUT2D eigenvalue weighted by Gasteiger charge is -2.22. The van der Waals surface area contributed by atoms with Gasteiger partial charge in [-0.05, 0) is 48.9 Å². The summed E-state index contributed by atoms with van der Waals surface area (Å²) in [7, 11) is 0. The van der Waals surface area contributed by atoms with Crippen LogP contribution in [0, 0.1) is 11.6 Å². The van der Waals surface area contributed by atoms with Crippen molar-refractivity contribution in [1.29, 1.82) is 0 Å². The van der Waals surface area contributed by atoms with Crippen LogP contribution in [0.4, 0.5) is 13.6 Å². The first-order valence-corrected chi connectivity index (χ1v) is 7.50. The number of hydrogen-bond donors (Lipinski definition) is 1. The van der Waals surface area contributed by atoms with Crippen molar-refractivity contribution in [3.05, 3.63) is 71.3 Å². The standard InChI is InChI=1S/C18H14F2N2O3/c1-18(12-4-8-14(20)9-5-12)16(24)22(17(25)21-18)10-15(23)11-2-6-13(19)7-3-11/h2-9H,10H2,1H3,(H,21,25)/t18-/m0/s1. The molecule has 1 saturated heterocycles. The normalized spacial score (nSPS) is 19.9. The molecule has 1 aliphatic heterocycles. The first-order valence-electron chi connectivity index (χ1n) is 7.50. The number of hydrogen-bond acceptors (Lipinski definition) is 3. The summed E-state index contributed by atoms with van der Waals surface area (Å²) in [6.07, 6.45) is 0. The van der Waals surface area contributed by atoms with Crippen LogP contribution in [0.3, 0.4) is 0 Å². The van der Waals surface area contributed by atoms with Gasteiger partial charge < -0.3 is 5.32 Å². The van der Waals surface area contributed by atoms with Gasteiger partial charge in [0.25, 0.3) is 5.91 Å². The van der Waals surface area contributed by atoms with Crippen LogP contribution in [0.25, 0.3) is 0 Å². The number of Topliss-reactive ketones (excluding diaryl/α,β-unsaturated/α-hetero) is 1. The maximum Gasteiger partial charge on any atom is 0.325 e. The molecule has 0 radical (unpaired) electrons. The van der Waals surface area contributed by atoms with Crippen LogP contribution >= 0.6 is 0 Å². The molecule has 0 aliphatic carbocycles. The van der Waals surface area contributed by atoms with Crippen LogP contribution in [0.5, 0.6) is 0 Å². The molecule has 1 N–H and O–H groups in total. The monoisotopic (exact) mass is 344 g/mol. The Morgan fingerprint density at radius 2 is 1.52 bits per heavy atom. The zero-order valence-corrected chi connectivity index (χ0v) is 13.3. The Morgan fingerprint density at radius 1 is 1.00 bits per heavy atom. The quantitative estimate of drug-likeness (QED) is 0.685. The number of benzene rings is 2. The van der Waals surface area contributed by atoms with E-state index >= 15 is 0 Å². The minimum Gasteiger partial charge on any atom is -0.319 e. The molecule has 0 aromatic heterocycles. The molecule has 5 nitrogen and oxygen atoms in total. The summed E-state index contributed by atoms with van der Waals surface area (Å²) in [5, 5.41) is 2.53. The molecule has 1 fully saturated rings. The summed E-state index contributed by atoms with van der Waals surface area (Å²) >= 11 is 0. The topological polar surface area (TPSA) is 66.5 Å². The second-order valence-electron chi connectivity index (χ2n) is 5.88. The lowest BCUT2D eigenvalue weighted by Crippen LogP contribution is -2.41. The molecular weight excluding hydrogens is 330 g/mol. The van der Waals surface area contributed by atoms with E-state index in [2.05, 4.69) is 5.32 Å². The van der Waals surface area contributed by atoms with Gasteiger partial charge in [0.15, 0.2) is 5.78 Å². The van der Waals surface area contributed by atoms with Crippen molar-refractivity contribution in [3.8, 4) is 0 Å². The highest BCUT2D eigenvalue weighted by atomic mass is 19.1. The Bertz CT molecular complexity index is 850. The van der Waals surface area contributed by atoms with Crippen LogP contribution in [-0.2, 0) is 10.3 Å². The van der Waals surface area contributed by atoms with E-state index in [-0.39, 0.29) is 5.56 Å². The Kier molecular flexibility index (Phi) is 4.08. The van der Waals surface area contributed by atoms with Gasteiger partial charge in [-0.2, -0.15) is 0 Å². The van der Waals surface area contributed by atoms with Crippen molar-refractivity contribution in [1.82, 2.24) is 10.2 Å². The number of amides is 3. The predicted octanol–water partition coefficient (Wildman–Crippen LogP) is 2.61. The van der Waals surface area contributed by atoms with E-state index in [0.29, 0.717) is 5.56 Å². The molecule has 1 heterocycles. The summed E-state index contributed by atoms with van der Waals surface area (Å²) in [6, 6.07) is 9.29. The van der Waals surface area contributed by atoms with Gasteiger partial charge >= 0.3 is 6.03 Å². The van der Waals surface area contributed by atoms with Gasteiger partial charge in [0.1, 0.15) is 17.2 Å². The molecule has 1 aliphatic rings. The number of halogens is 2. The number of carbonyl (C=O) groups is 3. The summed E-state index contributed by atoms with van der Waals surface area (Å²) in [6.45, 7) is 1.02. The maximum absolute atomic E-state index is 13.1. The Labute approximate surface area is 142 Å². The number of imide groups is 1. The van der Waals surface area contributed by atoms with Gasteiger partial charge in [0, 0.05) is 5.56 Å². The molecule has 2 aromatic carbocycles. The molecule has 2 aromatic rings. The average Bonchev–Trinajstić information content (AvgIpc) is 2.80. The molecule has 3 rings (SSSR count). The molecule has 128 valence electrons. The highest BCUT2D eigenvalue weighted by Crippen LogP contribution is 2.29. The molecule has 7 heteroatoms. The Morgan fingerprint density at radius 3 is 2.08 bits per heavy atom. The predicted molar refractivity (Wildman–Crippen MR) is 84.7 cm³/mol. The van der Waals surface area contributed by atoms with Crippen LogP contribution in [0.15, 0.2) is 48.5 Å². The highest BCUT2D eigenvalue weighted by Gasteiger charge is 2.49. The minimum absolute atomic E-state index is 0.192. The van der Waals surface area contributed by atoms with Crippen LogP contribution in [0.2, 0.25) is 0 Å². The molecule has 0 bridgehead atoms. The van der Waals surface area contributed by atoms with E-state index in [9.17, 15) is 23.2 Å². The van der Waals surface area contributed by atoms with Crippen LogP contribution < -0.4 is 5.32 Å². The summed E-state index contributed by atoms with van der Waals surface area (Å²) < 4.78 is 26.0. The number of nitrogens with one attached hydrogen (secondary N) is 1. The van der Waals surface area contributed by atoms with Crippen molar-refractivity contribution in [2.24, 2.45) is 0 Å². The van der Waals surface area contributed by atoms with E-state index < -0.39 is 41.4 Å². The maximum atomic E-state index is 13.1. The summed E-state index contributed by atoms with van der Waals surface area (Å²) in [5.74, 6) is -2.06. The second kappa shape index (κ2) is 6.08. The van der Waals surface area contributed by atoms with Crippen molar-refractivity contribution in [2.45, 2.75) is 12.5 Å². The Balaban J connectivity index is 1.82. The fourth-order valence-electron chi connectivity index (χ4n) is 2.69. The fourth-order valence-corrected chi connectivity index (χ4v) is 2.69. The SMILES string of the molecule is C[C@@]1(c2ccc(F)cc2)NC(=O)N(CC(=O)c2ccc(F)cc2)C1=O. The average molecular weight is 344 g/mol. The van der Waals surface area contributed by atoms with Crippen LogP contribution in [0.1, 0.15) is 22.8 Å². The minimum atomic E-state index is -1.38. The largest absolute Gasteiger partial charge is 0.325 e. The van der Waals surface area contributed by atoms with Crippen molar-refractivity contribution in [3.63, 3.8) is 0 Å². The van der Waals surface area contributed by atoms with E-state index in [4.69, 9.17) is 0 Å². The fraction of sp³-hybridized carbons (Fsp3) is 0.167. The molecule has 0 unspecified atom stereocenters. The molecule has 25 heavy (non-hydrogen) atoms. The first-order chi connectivity index (χ1) is 11.8. The smallest absolute Gasteiger partial charge is 0.319 e. The van der Waals surface area contributed by atoms with Crippen molar-refractivity contribution >= 4 is 17.7 Å². The van der Waals surface area contributed by atoms with Gasteiger partial charge in [-0.1, -0.05) is 12.1 Å². The zero-order valence-electron chi connectivity index (χ0n) is 13.3. The zero-order chi connectivity index (χ0) is 18.2. The van der Waals surface area contributed by atoms with E-state index in [1.165, 1.54) is 43.3 Å². The first kappa shape index (κ1) is 16.8. The number of urea groups is 1. The van der Waals surface area contributed by atoms with Gasteiger partial charge in [-0.25, -0.2) is 13.6 Å². The van der Waals surface area contributed by atoms with Crippen molar-refractivity contribution in [2.75, 3.05) is 6.54 Å². The highest BCUT2D eigenvalue weighted by molar-refractivity contribution is 6.11. The number of carbonyl (C=O) groups excluding carboxylic acids is 3. The molecule has 3 amide bonds. The summed E-state index contributed by atoms with van der Waals surface area (Å²) in [4.78, 5) is 37.9. The third kappa shape index (κ3) is 3.00. The lowest BCUT2D eigenvalue weighted by molar-refractivity contribution is -0.130. The second-order valence-corrected chi connectivity index (χ2v) is 5.88. The third-order valence-corrected chi connectivity index (χ3v) is 4.16. The number of nitrogens with zero attached hydrogens (tertiary/aromatic N) is 1. The van der Waals surface area contributed by atoms with E-state index in [1.54, 1.807) is 0 Å². The molecule has 0 saturated carbocycles. The van der Waals surface area contributed by atoms with E-state index in [0.717, 1.165) is 17.0 Å². The summed E-state index contributed by atoms with van der Waals surface area (Å²) in [5.41, 5.74) is -0.783. The molecule has 1 atom stereocenters. The number of ketones is 1. The molecule has 0 spiro atoms. The van der Waals surface area contributed by atoms with Gasteiger partial charge in [-0.15, -0.1) is 0 Å². The van der Waals surface area contributed by atoms with Crippen molar-refractivity contribution < 1.29 is 23.2 Å². The molecular formula is C18H14F2N2O3. The van der Waals surface area contributed by atoms with Crippen LogP contribution in [-0.4, -0.2) is 29.2 Å². The van der Waals surface area contributed by atoms with Gasteiger partial charge in [0.05, 0.1) is 6.54 Å². The number of rotatable bonds is 4.